The van der Waals surface area contributed by atoms with Gasteiger partial charge in [-0.1, -0.05) is 25.5 Å². The van der Waals surface area contributed by atoms with Crippen molar-refractivity contribution in [2.45, 2.75) is 32.2 Å². The van der Waals surface area contributed by atoms with Gasteiger partial charge in [-0.05, 0) is 31.0 Å². The Morgan fingerprint density at radius 3 is 2.58 bits per heavy atom. The molecule has 1 aromatic rings. The highest BCUT2D eigenvalue weighted by atomic mass is 16.5. The van der Waals surface area contributed by atoms with Gasteiger partial charge in [0.25, 0.3) is 5.91 Å². The van der Waals surface area contributed by atoms with E-state index in [1.54, 1.807) is 31.2 Å². The highest BCUT2D eigenvalue weighted by Crippen LogP contribution is 2.29. The lowest BCUT2D eigenvalue weighted by atomic mass is 9.92. The Morgan fingerprint density at radius 1 is 1.37 bits per heavy atom. The van der Waals surface area contributed by atoms with E-state index in [0.29, 0.717) is 12.2 Å². The van der Waals surface area contributed by atoms with Crippen molar-refractivity contribution < 1.29 is 14.6 Å². The number of carbonyl (C=O) groups excluding carboxylic acids is 1. The first-order valence-electron chi connectivity index (χ1n) is 6.38. The molecule has 1 heterocycles. The summed E-state index contributed by atoms with van der Waals surface area (Å²) in [6.45, 7) is 4.40. The lowest BCUT2D eigenvalue weighted by Crippen LogP contribution is -2.38. The molecule has 0 radical (unpaired) electrons. The molecular weight excluding hydrogens is 244 g/mol. The predicted octanol–water partition coefficient (Wildman–Crippen LogP) is 0.927. The summed E-state index contributed by atoms with van der Waals surface area (Å²) >= 11 is 0. The molecule has 5 heteroatoms. The number of amidine groups is 1. The molecule has 0 spiro atoms. The van der Waals surface area contributed by atoms with Gasteiger partial charge in [0, 0.05) is 0 Å². The van der Waals surface area contributed by atoms with Crippen molar-refractivity contribution in [2.75, 3.05) is 6.61 Å². The molecule has 1 unspecified atom stereocenters. The van der Waals surface area contributed by atoms with E-state index in [2.05, 4.69) is 17.2 Å². The minimum atomic E-state index is -1.13. The van der Waals surface area contributed by atoms with Gasteiger partial charge >= 0.3 is 0 Å². The highest BCUT2D eigenvalue weighted by molar-refractivity contribution is 6.04. The third-order valence-corrected chi connectivity index (χ3v) is 3.17. The van der Waals surface area contributed by atoms with Crippen LogP contribution in [-0.4, -0.2) is 18.5 Å². The normalized spacial score (nSPS) is 22.0. The van der Waals surface area contributed by atoms with Crippen molar-refractivity contribution in [3.8, 4) is 5.75 Å². The van der Waals surface area contributed by atoms with E-state index < -0.39 is 17.5 Å². The summed E-state index contributed by atoms with van der Waals surface area (Å²) in [7, 11) is 0. The minimum absolute atomic E-state index is 0.392. The molecule has 1 aliphatic rings. The van der Waals surface area contributed by atoms with E-state index in [4.69, 9.17) is 4.74 Å². The molecule has 1 amide bonds. The van der Waals surface area contributed by atoms with Gasteiger partial charge in [-0.2, -0.15) is 0 Å². The number of benzene rings is 1. The lowest BCUT2D eigenvalue weighted by Gasteiger charge is -2.18. The van der Waals surface area contributed by atoms with Gasteiger partial charge in [0.05, 0.1) is 12.6 Å². The quantitative estimate of drug-likeness (QED) is 0.801. The topological polar surface area (TPSA) is 73.8 Å². The summed E-state index contributed by atoms with van der Waals surface area (Å²) in [5.41, 5.74) is -0.447. The van der Waals surface area contributed by atoms with Crippen molar-refractivity contribution in [1.29, 1.82) is 0 Å². The first-order valence-corrected chi connectivity index (χ1v) is 6.38. The average molecular weight is 261 g/mol. The summed E-state index contributed by atoms with van der Waals surface area (Å²) in [5, 5.41) is 13.3. The maximum atomic E-state index is 11.7. The van der Waals surface area contributed by atoms with E-state index in [-0.39, 0.29) is 0 Å². The molecule has 0 aromatic heterocycles. The Hall–Kier alpha value is -2.04. The maximum absolute atomic E-state index is 11.7. The second-order valence-electron chi connectivity index (χ2n) is 4.67. The molecule has 19 heavy (non-hydrogen) atoms. The number of carbonyl (C=O) groups is 1. The number of unbranched alkanes of at least 4 members (excludes halogenated alkanes) is 1. The van der Waals surface area contributed by atoms with Crippen LogP contribution in [0.5, 0.6) is 5.75 Å². The van der Waals surface area contributed by atoms with Crippen LogP contribution in [-0.2, 0) is 10.3 Å². The van der Waals surface area contributed by atoms with E-state index >= 15 is 0 Å². The van der Waals surface area contributed by atoms with Crippen LogP contribution in [0.15, 0.2) is 29.3 Å². The Kier molecular flexibility index (Phi) is 3.74. The molecule has 0 aliphatic carbocycles. The SMILES string of the molecule is CCCCOc1ccc(C2(C)N=C([O-])NC2=O)cc1. The Labute approximate surface area is 112 Å². The van der Waals surface area contributed by atoms with Crippen molar-refractivity contribution in [3.05, 3.63) is 29.8 Å². The number of nitrogens with zero attached hydrogens (tertiary/aromatic N) is 1. The fraction of sp³-hybridized carbons (Fsp3) is 0.429. The Balaban J connectivity index is 2.12. The standard InChI is InChI=1S/C14H18N2O3/c1-3-4-9-19-11-7-5-10(6-8-11)14(2)12(17)15-13(18)16-14/h5-8H,3-4,9H2,1-2H3,(H2,15,16,17,18)/p-1. The van der Waals surface area contributed by atoms with Gasteiger partial charge in [-0.25, -0.2) is 0 Å². The Morgan fingerprint density at radius 2 is 2.05 bits per heavy atom. The molecule has 102 valence electrons. The zero-order valence-corrected chi connectivity index (χ0v) is 11.1. The lowest BCUT2D eigenvalue weighted by molar-refractivity contribution is -0.220. The molecular formula is C14H17N2O3-. The van der Waals surface area contributed by atoms with Crippen LogP contribution in [0.4, 0.5) is 0 Å². The molecule has 0 saturated heterocycles. The summed E-state index contributed by atoms with van der Waals surface area (Å²) in [6, 6.07) is 6.53. The number of aliphatic imine (C=N–C) groups is 1. The third-order valence-electron chi connectivity index (χ3n) is 3.17. The number of nitrogens with one attached hydrogen (secondary N) is 1. The van der Waals surface area contributed by atoms with Gasteiger partial charge < -0.3 is 15.2 Å². The maximum Gasteiger partial charge on any atom is 0.256 e. The fourth-order valence-corrected chi connectivity index (χ4v) is 1.91. The largest absolute Gasteiger partial charge is 0.846 e. The highest BCUT2D eigenvalue weighted by Gasteiger charge is 2.38. The van der Waals surface area contributed by atoms with Gasteiger partial charge in [-0.3, -0.25) is 9.79 Å². The summed E-state index contributed by atoms with van der Waals surface area (Å²) in [6.07, 6.45) is 2.09. The Bertz CT molecular complexity index is 496. The van der Waals surface area contributed by atoms with E-state index in [1.807, 2.05) is 0 Å². The third kappa shape index (κ3) is 2.70. The van der Waals surface area contributed by atoms with Gasteiger partial charge in [0.2, 0.25) is 0 Å². The summed E-state index contributed by atoms with van der Waals surface area (Å²) < 4.78 is 5.55. The summed E-state index contributed by atoms with van der Waals surface area (Å²) in [4.78, 5) is 15.6. The second kappa shape index (κ2) is 5.30. The molecule has 1 atom stereocenters. The van der Waals surface area contributed by atoms with Gasteiger partial charge in [0.15, 0.2) is 5.54 Å². The van der Waals surface area contributed by atoms with Crippen LogP contribution in [0.2, 0.25) is 0 Å². The van der Waals surface area contributed by atoms with Crippen LogP contribution in [0.3, 0.4) is 0 Å². The van der Waals surface area contributed by atoms with E-state index in [9.17, 15) is 9.90 Å². The molecule has 0 fully saturated rings. The average Bonchev–Trinajstić information content (AvgIpc) is 2.65. The van der Waals surface area contributed by atoms with Crippen LogP contribution in [0, 0.1) is 0 Å². The number of amides is 1. The molecule has 1 aliphatic heterocycles. The number of hydrogen-bond acceptors (Lipinski definition) is 4. The number of ether oxygens (including phenoxy) is 1. The van der Waals surface area contributed by atoms with E-state index in [0.717, 1.165) is 18.6 Å². The first-order chi connectivity index (χ1) is 9.06. The van der Waals surface area contributed by atoms with Crippen LogP contribution < -0.4 is 15.2 Å². The van der Waals surface area contributed by atoms with Crippen molar-refractivity contribution >= 4 is 11.9 Å². The van der Waals surface area contributed by atoms with Gasteiger partial charge in [0.1, 0.15) is 5.75 Å². The smallest absolute Gasteiger partial charge is 0.256 e. The second-order valence-corrected chi connectivity index (χ2v) is 4.67. The van der Waals surface area contributed by atoms with Gasteiger partial charge in [-0.15, -0.1) is 0 Å². The zero-order valence-electron chi connectivity index (χ0n) is 11.1. The zero-order chi connectivity index (χ0) is 13.9. The van der Waals surface area contributed by atoms with Crippen molar-refractivity contribution in [1.82, 2.24) is 5.32 Å². The molecule has 1 N–H and O–H groups in total. The number of rotatable bonds is 5. The fourth-order valence-electron chi connectivity index (χ4n) is 1.91. The number of hydrogen-bond donors (Lipinski definition) is 1. The first kappa shape index (κ1) is 13.4. The van der Waals surface area contributed by atoms with Crippen molar-refractivity contribution in [3.63, 3.8) is 0 Å². The molecule has 5 nitrogen and oxygen atoms in total. The molecule has 2 rings (SSSR count). The summed E-state index contributed by atoms with van der Waals surface area (Å²) in [5.74, 6) is 0.364. The van der Waals surface area contributed by atoms with E-state index in [1.165, 1.54) is 0 Å². The molecule has 0 bridgehead atoms. The minimum Gasteiger partial charge on any atom is -0.846 e. The monoisotopic (exact) mass is 261 g/mol. The molecule has 0 saturated carbocycles. The van der Waals surface area contributed by atoms with Crippen LogP contribution in [0.25, 0.3) is 0 Å². The van der Waals surface area contributed by atoms with Crippen LogP contribution >= 0.6 is 0 Å². The van der Waals surface area contributed by atoms with Crippen molar-refractivity contribution in [2.24, 2.45) is 4.99 Å². The van der Waals surface area contributed by atoms with Crippen LogP contribution in [0.1, 0.15) is 32.3 Å². The predicted molar refractivity (Wildman–Crippen MR) is 69.8 cm³/mol. The molecule has 1 aromatic carbocycles.